The van der Waals surface area contributed by atoms with Crippen LogP contribution in [0.2, 0.25) is 0 Å². The molecule has 0 fully saturated rings. The smallest absolute Gasteiger partial charge is 0.143 e. The third-order valence-corrected chi connectivity index (χ3v) is 4.42. The Morgan fingerprint density at radius 3 is 2.19 bits per heavy atom. The molecule has 0 saturated heterocycles. The summed E-state index contributed by atoms with van der Waals surface area (Å²) in [5.74, 6) is 2.23. The minimum Gasteiger partial charge on any atom is -0.496 e. The van der Waals surface area contributed by atoms with Crippen molar-refractivity contribution in [2.24, 2.45) is 5.73 Å². The highest BCUT2D eigenvalue weighted by Gasteiger charge is 2.10. The van der Waals surface area contributed by atoms with Crippen LogP contribution < -0.4 is 15.2 Å². The molecule has 2 N–H and O–H groups in total. The monoisotopic (exact) mass is 413 g/mol. The van der Waals surface area contributed by atoms with E-state index in [1.807, 2.05) is 36.4 Å². The van der Waals surface area contributed by atoms with E-state index in [9.17, 15) is 0 Å². The fourth-order valence-electron chi connectivity index (χ4n) is 1.89. The molecular weight excluding hydrogens is 398 g/mol. The third-order valence-electron chi connectivity index (χ3n) is 3.18. The molecule has 1 atom stereocenters. The van der Waals surface area contributed by atoms with Crippen LogP contribution in [-0.2, 0) is 0 Å². The maximum Gasteiger partial charge on any atom is 0.143 e. The highest BCUT2D eigenvalue weighted by molar-refractivity contribution is 9.11. The molecule has 2 rings (SSSR count). The van der Waals surface area contributed by atoms with Gasteiger partial charge in [0, 0.05) is 6.04 Å². The van der Waals surface area contributed by atoms with Gasteiger partial charge in [-0.05, 0) is 68.1 Å². The number of hydrogen-bond donors (Lipinski definition) is 1. The lowest BCUT2D eigenvalue weighted by molar-refractivity contribution is 0.409. The van der Waals surface area contributed by atoms with Crippen LogP contribution in [0.15, 0.2) is 45.3 Å². The van der Waals surface area contributed by atoms with Crippen LogP contribution in [0.3, 0.4) is 0 Å². The SMILES string of the molecule is CCC(N)c1ccc(Oc2cc(Br)c(OC)cc2Br)cc1. The number of hydrogen-bond acceptors (Lipinski definition) is 3. The molecule has 3 nitrogen and oxygen atoms in total. The second-order valence-corrected chi connectivity index (χ2v) is 6.31. The van der Waals surface area contributed by atoms with E-state index in [1.54, 1.807) is 7.11 Å². The second kappa shape index (κ2) is 7.29. The Morgan fingerprint density at radius 2 is 1.62 bits per heavy atom. The molecule has 0 heterocycles. The molecule has 0 saturated carbocycles. The van der Waals surface area contributed by atoms with Crippen LogP contribution in [0, 0.1) is 0 Å². The van der Waals surface area contributed by atoms with Gasteiger partial charge in [0.05, 0.1) is 16.1 Å². The summed E-state index contributed by atoms with van der Waals surface area (Å²) in [5.41, 5.74) is 7.12. The highest BCUT2D eigenvalue weighted by Crippen LogP contribution is 2.38. The summed E-state index contributed by atoms with van der Waals surface area (Å²) in [6, 6.07) is 11.6. The quantitative estimate of drug-likeness (QED) is 0.709. The van der Waals surface area contributed by atoms with Crippen molar-refractivity contribution >= 4 is 31.9 Å². The topological polar surface area (TPSA) is 44.5 Å². The van der Waals surface area contributed by atoms with E-state index < -0.39 is 0 Å². The van der Waals surface area contributed by atoms with E-state index in [0.717, 1.165) is 38.2 Å². The Kier molecular flexibility index (Phi) is 5.67. The first-order chi connectivity index (χ1) is 10.0. The largest absolute Gasteiger partial charge is 0.496 e. The summed E-state index contributed by atoms with van der Waals surface area (Å²) in [6.07, 6.45) is 0.914. The van der Waals surface area contributed by atoms with E-state index >= 15 is 0 Å². The average molecular weight is 415 g/mol. The van der Waals surface area contributed by atoms with Crippen molar-refractivity contribution < 1.29 is 9.47 Å². The maximum absolute atomic E-state index is 6.00. The fraction of sp³-hybridized carbons (Fsp3) is 0.250. The van der Waals surface area contributed by atoms with Gasteiger partial charge in [0.2, 0.25) is 0 Å². The summed E-state index contributed by atoms with van der Waals surface area (Å²) in [5, 5.41) is 0. The molecule has 2 aromatic rings. The Balaban J connectivity index is 2.20. The van der Waals surface area contributed by atoms with Crippen molar-refractivity contribution in [3.63, 3.8) is 0 Å². The Labute approximate surface area is 141 Å². The van der Waals surface area contributed by atoms with Gasteiger partial charge in [0.1, 0.15) is 17.2 Å². The zero-order valence-electron chi connectivity index (χ0n) is 11.9. The molecule has 0 aliphatic heterocycles. The summed E-state index contributed by atoms with van der Waals surface area (Å²) in [7, 11) is 1.63. The maximum atomic E-state index is 6.00. The van der Waals surface area contributed by atoms with Crippen LogP contribution in [-0.4, -0.2) is 7.11 Å². The summed E-state index contributed by atoms with van der Waals surface area (Å²) in [4.78, 5) is 0. The number of nitrogens with two attached hydrogens (primary N) is 1. The molecule has 21 heavy (non-hydrogen) atoms. The molecule has 5 heteroatoms. The standard InChI is InChI=1S/C16H17Br2NO2/c1-3-14(19)10-4-6-11(7-5-10)21-16-9-12(17)15(20-2)8-13(16)18/h4-9,14H,3,19H2,1-2H3. The van der Waals surface area contributed by atoms with E-state index in [0.29, 0.717) is 0 Å². The van der Waals surface area contributed by atoms with Crippen LogP contribution >= 0.6 is 31.9 Å². The van der Waals surface area contributed by atoms with Gasteiger partial charge in [-0.25, -0.2) is 0 Å². The molecule has 0 aliphatic rings. The van der Waals surface area contributed by atoms with Gasteiger partial charge in [0.15, 0.2) is 0 Å². The molecule has 0 radical (unpaired) electrons. The van der Waals surface area contributed by atoms with Crippen molar-refractivity contribution in [2.75, 3.05) is 7.11 Å². The number of halogens is 2. The molecule has 1 unspecified atom stereocenters. The lowest BCUT2D eigenvalue weighted by Crippen LogP contribution is -2.08. The van der Waals surface area contributed by atoms with Gasteiger partial charge in [-0.1, -0.05) is 19.1 Å². The minimum absolute atomic E-state index is 0.0703. The Hall–Kier alpha value is -1.04. The van der Waals surface area contributed by atoms with Crippen molar-refractivity contribution in [1.29, 1.82) is 0 Å². The Morgan fingerprint density at radius 1 is 1.05 bits per heavy atom. The zero-order chi connectivity index (χ0) is 15.4. The van der Waals surface area contributed by atoms with Gasteiger partial charge in [0.25, 0.3) is 0 Å². The average Bonchev–Trinajstić information content (AvgIpc) is 2.50. The first-order valence-electron chi connectivity index (χ1n) is 6.61. The predicted molar refractivity (Wildman–Crippen MR) is 92.1 cm³/mol. The van der Waals surface area contributed by atoms with Crippen molar-refractivity contribution in [2.45, 2.75) is 19.4 Å². The van der Waals surface area contributed by atoms with Gasteiger partial charge < -0.3 is 15.2 Å². The number of methoxy groups -OCH3 is 1. The number of ether oxygens (including phenoxy) is 2. The molecule has 0 aliphatic carbocycles. The molecule has 2 aromatic carbocycles. The van der Waals surface area contributed by atoms with Crippen LogP contribution in [0.5, 0.6) is 17.2 Å². The van der Waals surface area contributed by atoms with Crippen molar-refractivity contribution in [3.05, 3.63) is 50.9 Å². The zero-order valence-corrected chi connectivity index (χ0v) is 15.1. The molecule has 0 bridgehead atoms. The van der Waals surface area contributed by atoms with E-state index in [-0.39, 0.29) is 6.04 Å². The van der Waals surface area contributed by atoms with Crippen LogP contribution in [0.1, 0.15) is 24.9 Å². The molecular formula is C16H17Br2NO2. The van der Waals surface area contributed by atoms with Gasteiger partial charge in [-0.15, -0.1) is 0 Å². The van der Waals surface area contributed by atoms with Crippen molar-refractivity contribution in [1.82, 2.24) is 0 Å². The van der Waals surface area contributed by atoms with Gasteiger partial charge >= 0.3 is 0 Å². The third kappa shape index (κ3) is 3.99. The van der Waals surface area contributed by atoms with Gasteiger partial charge in [-0.2, -0.15) is 0 Å². The molecule has 0 aromatic heterocycles. The van der Waals surface area contributed by atoms with Crippen LogP contribution in [0.4, 0.5) is 0 Å². The fourth-order valence-corrected chi connectivity index (χ4v) is 2.78. The summed E-state index contributed by atoms with van der Waals surface area (Å²) in [6.45, 7) is 2.07. The Bertz CT molecular complexity index is 614. The molecule has 112 valence electrons. The van der Waals surface area contributed by atoms with Crippen molar-refractivity contribution in [3.8, 4) is 17.2 Å². The van der Waals surface area contributed by atoms with E-state index in [1.165, 1.54) is 0 Å². The first kappa shape index (κ1) is 16.3. The first-order valence-corrected chi connectivity index (χ1v) is 8.20. The summed E-state index contributed by atoms with van der Waals surface area (Å²) >= 11 is 6.94. The lowest BCUT2D eigenvalue weighted by Gasteiger charge is -2.13. The predicted octanol–water partition coefficient (Wildman–Crippen LogP) is 5.42. The van der Waals surface area contributed by atoms with E-state index in [4.69, 9.17) is 15.2 Å². The minimum atomic E-state index is 0.0703. The lowest BCUT2D eigenvalue weighted by atomic mass is 10.1. The van der Waals surface area contributed by atoms with Crippen LogP contribution in [0.25, 0.3) is 0 Å². The number of benzene rings is 2. The number of rotatable bonds is 5. The van der Waals surface area contributed by atoms with Gasteiger partial charge in [-0.3, -0.25) is 0 Å². The highest BCUT2D eigenvalue weighted by atomic mass is 79.9. The summed E-state index contributed by atoms with van der Waals surface area (Å²) < 4.78 is 12.8. The van der Waals surface area contributed by atoms with E-state index in [2.05, 4.69) is 38.8 Å². The molecule has 0 amide bonds. The molecule has 0 spiro atoms. The second-order valence-electron chi connectivity index (χ2n) is 4.60. The normalized spacial score (nSPS) is 12.0.